The third-order valence-electron chi connectivity index (χ3n) is 14.8. The van der Waals surface area contributed by atoms with Crippen molar-refractivity contribution in [2.75, 3.05) is 16.3 Å². The topological polar surface area (TPSA) is 19.6 Å². The standard InChI is InChI=1S/C57H50N2O/c1-2-10-22-42(21-9-1)59-53-27-15-12-24-47(53)50-36-43(31-34-54(50)59)58(44-30-33-49-48-25-13-16-28-55(48)60-56(49)37-44)38-39-29-32-46-45-23-11-14-26-51(45)57(52(46)35-39,40-17-5-3-6-18-40)41-19-7-4-8-20-41/h1-9,11,13-19,21-23,25-31,33-34,36-37,41,46-47,52-53H,10,12,20,24,32,35,38H2. The molecule has 6 aromatic rings. The van der Waals surface area contributed by atoms with E-state index >= 15 is 0 Å². The molecular formula is C57H50N2O. The molecule has 3 nitrogen and oxygen atoms in total. The average molecular weight is 779 g/mol. The van der Waals surface area contributed by atoms with E-state index in [0.29, 0.717) is 29.7 Å². The van der Waals surface area contributed by atoms with Gasteiger partial charge in [0.2, 0.25) is 0 Å². The van der Waals surface area contributed by atoms with Crippen molar-refractivity contribution in [1.82, 2.24) is 0 Å². The predicted molar refractivity (Wildman–Crippen MR) is 249 cm³/mol. The molecule has 294 valence electrons. The molecule has 0 bridgehead atoms. The molecule has 1 aliphatic heterocycles. The smallest absolute Gasteiger partial charge is 0.137 e. The van der Waals surface area contributed by atoms with Crippen LogP contribution in [0.15, 0.2) is 204 Å². The third kappa shape index (κ3) is 5.55. The highest BCUT2D eigenvalue weighted by Crippen LogP contribution is 2.63. The second-order valence-corrected chi connectivity index (χ2v) is 17.7. The van der Waals surface area contributed by atoms with Crippen molar-refractivity contribution in [2.45, 2.75) is 61.8 Å². The van der Waals surface area contributed by atoms with Crippen LogP contribution in [0.1, 0.15) is 72.6 Å². The van der Waals surface area contributed by atoms with Crippen LogP contribution >= 0.6 is 0 Å². The lowest BCUT2D eigenvalue weighted by atomic mass is 9.57. The second-order valence-electron chi connectivity index (χ2n) is 17.7. The van der Waals surface area contributed by atoms with Gasteiger partial charge in [0.15, 0.2) is 0 Å². The summed E-state index contributed by atoms with van der Waals surface area (Å²) in [5, 5.41) is 2.34. The molecule has 0 amide bonds. The van der Waals surface area contributed by atoms with Gasteiger partial charge in [-0.05, 0) is 121 Å². The van der Waals surface area contributed by atoms with Gasteiger partial charge in [0.25, 0.3) is 0 Å². The fourth-order valence-electron chi connectivity index (χ4n) is 12.3. The number of nitrogens with zero attached hydrogens (tertiary/aromatic N) is 2. The molecule has 0 saturated carbocycles. The monoisotopic (exact) mass is 778 g/mol. The molecule has 2 heterocycles. The van der Waals surface area contributed by atoms with Crippen LogP contribution in [0.25, 0.3) is 21.9 Å². The van der Waals surface area contributed by atoms with Gasteiger partial charge >= 0.3 is 0 Å². The van der Waals surface area contributed by atoms with Crippen molar-refractivity contribution in [3.05, 3.63) is 222 Å². The van der Waals surface area contributed by atoms with E-state index in [4.69, 9.17) is 4.42 Å². The third-order valence-corrected chi connectivity index (χ3v) is 14.8. The van der Waals surface area contributed by atoms with Crippen LogP contribution in [0.2, 0.25) is 0 Å². The van der Waals surface area contributed by atoms with Crippen LogP contribution in [-0.4, -0.2) is 12.6 Å². The summed E-state index contributed by atoms with van der Waals surface area (Å²) in [4.78, 5) is 5.20. The van der Waals surface area contributed by atoms with Gasteiger partial charge in [-0.1, -0.05) is 145 Å². The summed E-state index contributed by atoms with van der Waals surface area (Å²) in [6, 6.07) is 44.0. The lowest BCUT2D eigenvalue weighted by Gasteiger charge is -2.46. The highest BCUT2D eigenvalue weighted by molar-refractivity contribution is 6.05. The molecule has 1 aromatic heterocycles. The van der Waals surface area contributed by atoms with Crippen LogP contribution in [-0.2, 0) is 5.41 Å². The van der Waals surface area contributed by atoms with E-state index < -0.39 is 0 Å². The zero-order valence-electron chi connectivity index (χ0n) is 34.0. The minimum absolute atomic E-state index is 0.113. The van der Waals surface area contributed by atoms with Crippen molar-refractivity contribution in [2.24, 2.45) is 11.8 Å². The largest absolute Gasteiger partial charge is 0.456 e. The maximum absolute atomic E-state index is 6.56. The molecule has 6 unspecified atom stereocenters. The maximum Gasteiger partial charge on any atom is 0.137 e. The molecule has 0 N–H and O–H groups in total. The molecule has 60 heavy (non-hydrogen) atoms. The molecule has 12 rings (SSSR count). The highest BCUT2D eigenvalue weighted by Gasteiger charge is 2.56. The van der Waals surface area contributed by atoms with Gasteiger partial charge in [-0.25, -0.2) is 0 Å². The summed E-state index contributed by atoms with van der Waals surface area (Å²) in [6.07, 6.45) is 34.6. The summed E-state index contributed by atoms with van der Waals surface area (Å²) in [5.74, 6) is 1.76. The van der Waals surface area contributed by atoms with Gasteiger partial charge in [-0.15, -0.1) is 0 Å². The first kappa shape index (κ1) is 35.6. The Morgan fingerprint density at radius 1 is 0.667 bits per heavy atom. The van der Waals surface area contributed by atoms with E-state index in [1.54, 1.807) is 5.56 Å². The number of rotatable bonds is 7. The fraction of sp³-hybridized carbons (Fsp3) is 0.228. The summed E-state index contributed by atoms with van der Waals surface area (Å²) in [5.41, 5.74) is 14.3. The van der Waals surface area contributed by atoms with Crippen molar-refractivity contribution >= 4 is 39.0 Å². The number of hydrogen-bond acceptors (Lipinski definition) is 3. The summed E-state index contributed by atoms with van der Waals surface area (Å²) in [6.45, 7) is 0.826. The molecule has 6 atom stereocenters. The molecular weight excluding hydrogens is 729 g/mol. The first-order valence-corrected chi connectivity index (χ1v) is 22.2. The molecule has 6 aliphatic rings. The SMILES string of the molecule is C1=CCC=C(N2c3ccc(N(CC4=CCC5c6ccccc6C(c6ccccc6)(C6C=CC=CC6)C5C4)c4ccc5c(c4)oc4ccccc45)cc3C3CCC=CC32)C=C1. The van der Waals surface area contributed by atoms with Crippen LogP contribution in [0.4, 0.5) is 17.1 Å². The van der Waals surface area contributed by atoms with Crippen molar-refractivity contribution < 1.29 is 4.42 Å². The van der Waals surface area contributed by atoms with E-state index in [1.165, 1.54) is 55.8 Å². The molecule has 0 radical (unpaired) electrons. The minimum atomic E-state index is -0.113. The van der Waals surface area contributed by atoms with Gasteiger partial charge < -0.3 is 14.2 Å². The Bertz CT molecular complexity index is 2860. The van der Waals surface area contributed by atoms with Crippen molar-refractivity contribution in [1.29, 1.82) is 0 Å². The zero-order chi connectivity index (χ0) is 39.6. The first-order valence-electron chi connectivity index (χ1n) is 22.2. The number of anilines is 3. The Balaban J connectivity index is 0.977. The van der Waals surface area contributed by atoms with E-state index in [9.17, 15) is 0 Å². The number of furan rings is 1. The molecule has 5 aromatic carbocycles. The lowest BCUT2D eigenvalue weighted by molar-refractivity contribution is 0.231. The van der Waals surface area contributed by atoms with E-state index in [1.807, 2.05) is 0 Å². The Kier molecular flexibility index (Phi) is 8.58. The zero-order valence-corrected chi connectivity index (χ0v) is 34.0. The number of hydrogen-bond donors (Lipinski definition) is 0. The van der Waals surface area contributed by atoms with Gasteiger partial charge in [0.05, 0.1) is 6.04 Å². The van der Waals surface area contributed by atoms with Gasteiger partial charge in [-0.3, -0.25) is 0 Å². The lowest BCUT2D eigenvalue weighted by Crippen LogP contribution is -2.42. The van der Waals surface area contributed by atoms with Gasteiger partial charge in [-0.2, -0.15) is 0 Å². The summed E-state index contributed by atoms with van der Waals surface area (Å²) >= 11 is 0. The highest BCUT2D eigenvalue weighted by atomic mass is 16.3. The predicted octanol–water partition coefficient (Wildman–Crippen LogP) is 14.3. The van der Waals surface area contributed by atoms with Crippen LogP contribution in [0, 0.1) is 11.8 Å². The Hall–Kier alpha value is -6.32. The molecule has 0 fully saturated rings. The minimum Gasteiger partial charge on any atom is -0.456 e. The fourth-order valence-corrected chi connectivity index (χ4v) is 12.3. The number of fused-ring (bicyclic) bond motifs is 9. The molecule has 5 aliphatic carbocycles. The number of para-hydroxylation sites is 1. The summed E-state index contributed by atoms with van der Waals surface area (Å²) in [7, 11) is 0. The maximum atomic E-state index is 6.56. The summed E-state index contributed by atoms with van der Waals surface area (Å²) < 4.78 is 6.56. The van der Waals surface area contributed by atoms with Crippen LogP contribution in [0.5, 0.6) is 0 Å². The Labute approximate surface area is 353 Å². The normalized spacial score (nSPS) is 26.1. The molecule has 3 heteroatoms. The van der Waals surface area contributed by atoms with Gasteiger partial charge in [0, 0.05) is 57.5 Å². The molecule has 0 spiro atoms. The Morgan fingerprint density at radius 2 is 1.50 bits per heavy atom. The van der Waals surface area contributed by atoms with E-state index in [0.717, 1.165) is 56.2 Å². The quantitative estimate of drug-likeness (QED) is 0.151. The van der Waals surface area contributed by atoms with Crippen LogP contribution in [0.3, 0.4) is 0 Å². The van der Waals surface area contributed by atoms with E-state index in [-0.39, 0.29) is 5.41 Å². The second kappa shape index (κ2) is 14.4. The van der Waals surface area contributed by atoms with Gasteiger partial charge in [0.1, 0.15) is 11.2 Å². The number of allylic oxidation sites excluding steroid dienone is 11. The first-order chi connectivity index (χ1) is 29.8. The van der Waals surface area contributed by atoms with E-state index in [2.05, 4.69) is 198 Å². The van der Waals surface area contributed by atoms with Crippen molar-refractivity contribution in [3.63, 3.8) is 0 Å². The average Bonchev–Trinajstić information content (AvgIpc) is 3.85. The number of benzene rings is 5. The van der Waals surface area contributed by atoms with Crippen LogP contribution < -0.4 is 9.80 Å². The van der Waals surface area contributed by atoms with Crippen molar-refractivity contribution in [3.8, 4) is 0 Å². The molecule has 0 saturated heterocycles. The Morgan fingerprint density at radius 3 is 2.43 bits per heavy atom.